The van der Waals surface area contributed by atoms with E-state index >= 15 is 0 Å². The van der Waals surface area contributed by atoms with Gasteiger partial charge in [0.2, 0.25) is 5.82 Å². The molecule has 0 amide bonds. The summed E-state index contributed by atoms with van der Waals surface area (Å²) in [5.41, 5.74) is -1.01. The van der Waals surface area contributed by atoms with Crippen molar-refractivity contribution in [1.82, 2.24) is 9.55 Å². The number of nitrogens with zero attached hydrogens (tertiary/aromatic N) is 1. The number of aryl methyl sites for hydroxylation is 1. The van der Waals surface area contributed by atoms with Gasteiger partial charge in [-0.05, 0) is 19.1 Å². The average molecular weight is 358 g/mol. The molecule has 0 aliphatic carbocycles. The molecule has 1 N–H and O–H groups in total. The molecule has 0 aliphatic heterocycles. The Kier molecular flexibility index (Phi) is 6.16. The molecule has 1 heterocycles. The summed E-state index contributed by atoms with van der Waals surface area (Å²) in [4.78, 5) is 24.7. The van der Waals surface area contributed by atoms with Crippen LogP contribution < -0.4 is 11.2 Å². The average Bonchev–Trinajstić information content (AvgIpc) is 2.56. The molecule has 0 fully saturated rings. The van der Waals surface area contributed by atoms with Gasteiger partial charge in [-0.15, -0.1) is 0 Å². The molecule has 2 atom stereocenters. The van der Waals surface area contributed by atoms with E-state index in [0.717, 1.165) is 10.1 Å². The molecule has 6 nitrogen and oxygen atoms in total. The van der Waals surface area contributed by atoms with Crippen molar-refractivity contribution in [2.24, 2.45) is 0 Å². The van der Waals surface area contributed by atoms with E-state index in [4.69, 9.17) is 4.74 Å². The van der Waals surface area contributed by atoms with Gasteiger partial charge in [0.25, 0.3) is 5.56 Å². The quantitative estimate of drug-likeness (QED) is 0.804. The number of hydrogen-bond donors (Lipinski definition) is 1. The van der Waals surface area contributed by atoms with Gasteiger partial charge in [0.05, 0.1) is 28.9 Å². The van der Waals surface area contributed by atoms with E-state index in [1.807, 2.05) is 6.92 Å². The summed E-state index contributed by atoms with van der Waals surface area (Å²) in [5.74, 6) is -1.27. The molecule has 0 saturated heterocycles. The summed E-state index contributed by atoms with van der Waals surface area (Å²) in [7, 11) is -1.48. The Hall–Kier alpha value is -2.13. The number of aromatic nitrogens is 2. The highest BCUT2D eigenvalue weighted by atomic mass is 32.2. The maximum Gasteiger partial charge on any atom is 0.330 e. The molecule has 0 radical (unpaired) electrons. The molecule has 2 aromatic rings. The fraction of sp³-hybridized carbons (Fsp3) is 0.333. The maximum atomic E-state index is 13.1. The molecule has 0 unspecified atom stereocenters. The van der Waals surface area contributed by atoms with Gasteiger partial charge >= 0.3 is 5.69 Å². The van der Waals surface area contributed by atoms with Gasteiger partial charge in [0.1, 0.15) is 13.4 Å². The van der Waals surface area contributed by atoms with E-state index in [1.165, 1.54) is 0 Å². The lowest BCUT2D eigenvalue weighted by molar-refractivity contribution is 0.00438. The number of H-pyrrole nitrogens is 1. The lowest BCUT2D eigenvalue weighted by Crippen LogP contribution is -2.34. The van der Waals surface area contributed by atoms with E-state index in [2.05, 4.69) is 0 Å². The van der Waals surface area contributed by atoms with Gasteiger partial charge in [-0.1, -0.05) is 17.7 Å². The van der Waals surface area contributed by atoms with Crippen molar-refractivity contribution in [1.29, 1.82) is 0 Å². The number of halogens is 2. The zero-order valence-corrected chi connectivity index (χ0v) is 13.6. The van der Waals surface area contributed by atoms with E-state index in [-0.39, 0.29) is 5.75 Å². The first-order valence-electron chi connectivity index (χ1n) is 7.02. The third-order valence-electron chi connectivity index (χ3n) is 3.21. The molecule has 2 rings (SSSR count). The number of benzene rings is 1. The van der Waals surface area contributed by atoms with Crippen molar-refractivity contribution in [3.8, 4) is 0 Å². The lowest BCUT2D eigenvalue weighted by Gasteiger charge is -2.15. The van der Waals surface area contributed by atoms with Gasteiger partial charge in [-0.3, -0.25) is 18.6 Å². The number of aromatic amines is 1. The second kappa shape index (κ2) is 8.11. The van der Waals surface area contributed by atoms with Crippen LogP contribution in [0.2, 0.25) is 0 Å². The lowest BCUT2D eigenvalue weighted by atomic mass is 10.2. The molecular formula is C15H16F2N2O4S. The molecule has 0 saturated carbocycles. The van der Waals surface area contributed by atoms with Crippen molar-refractivity contribution >= 4 is 10.8 Å². The zero-order valence-electron chi connectivity index (χ0n) is 12.8. The number of ether oxygens (including phenoxy) is 1. The summed E-state index contributed by atoms with van der Waals surface area (Å²) < 4.78 is 44.3. The van der Waals surface area contributed by atoms with Crippen LogP contribution in [0.1, 0.15) is 5.56 Å². The topological polar surface area (TPSA) is 81.2 Å². The van der Waals surface area contributed by atoms with Crippen molar-refractivity contribution in [3.63, 3.8) is 0 Å². The van der Waals surface area contributed by atoms with E-state index < -0.39 is 47.4 Å². The van der Waals surface area contributed by atoms with Crippen LogP contribution in [0, 0.1) is 12.7 Å². The minimum atomic E-state index is -1.48. The predicted octanol–water partition coefficient (Wildman–Crippen LogP) is 1.10. The zero-order chi connectivity index (χ0) is 17.7. The molecule has 1 aromatic heterocycles. The monoisotopic (exact) mass is 358 g/mol. The third-order valence-corrected chi connectivity index (χ3v) is 4.68. The minimum Gasteiger partial charge on any atom is -0.354 e. The van der Waals surface area contributed by atoms with E-state index in [0.29, 0.717) is 11.1 Å². The Morgan fingerprint density at radius 2 is 1.96 bits per heavy atom. The van der Waals surface area contributed by atoms with Crippen LogP contribution >= 0.6 is 0 Å². The van der Waals surface area contributed by atoms with E-state index in [9.17, 15) is 22.6 Å². The fourth-order valence-corrected chi connectivity index (χ4v) is 3.01. The van der Waals surface area contributed by atoms with Crippen LogP contribution in [0.25, 0.3) is 0 Å². The second-order valence-electron chi connectivity index (χ2n) is 5.10. The Balaban J connectivity index is 2.01. The smallest absolute Gasteiger partial charge is 0.330 e. The Bertz CT molecular complexity index is 833. The second-order valence-corrected chi connectivity index (χ2v) is 6.60. The van der Waals surface area contributed by atoms with Gasteiger partial charge in [0, 0.05) is 4.90 Å². The number of hydrogen-bond acceptors (Lipinski definition) is 4. The number of rotatable bonds is 7. The van der Waals surface area contributed by atoms with Crippen LogP contribution in [0.3, 0.4) is 0 Å². The summed E-state index contributed by atoms with van der Waals surface area (Å²) in [5, 5.41) is 0. The van der Waals surface area contributed by atoms with Crippen LogP contribution in [-0.2, 0) is 22.3 Å². The molecule has 130 valence electrons. The summed E-state index contributed by atoms with van der Waals surface area (Å²) in [6.07, 6.45) is -0.359. The summed E-state index contributed by atoms with van der Waals surface area (Å²) in [6.45, 7) is 0.506. The van der Waals surface area contributed by atoms with Gasteiger partial charge < -0.3 is 4.74 Å². The summed E-state index contributed by atoms with van der Waals surface area (Å²) in [6, 6.07) is 6.95. The largest absolute Gasteiger partial charge is 0.354 e. The Labute approximate surface area is 138 Å². The van der Waals surface area contributed by atoms with Gasteiger partial charge in [-0.25, -0.2) is 9.18 Å². The first-order valence-corrected chi connectivity index (χ1v) is 8.34. The van der Waals surface area contributed by atoms with Crippen molar-refractivity contribution < 1.29 is 17.7 Å². The molecule has 24 heavy (non-hydrogen) atoms. The summed E-state index contributed by atoms with van der Waals surface area (Å²) >= 11 is 0. The first-order chi connectivity index (χ1) is 11.4. The normalized spacial score (nSPS) is 13.6. The number of nitrogens with one attached hydrogen (secondary N) is 1. The molecular weight excluding hydrogens is 342 g/mol. The highest BCUT2D eigenvalue weighted by molar-refractivity contribution is 7.85. The Morgan fingerprint density at radius 3 is 2.58 bits per heavy atom. The number of alkyl halides is 1. The van der Waals surface area contributed by atoms with Gasteiger partial charge in [0.15, 0.2) is 0 Å². The molecule has 0 spiro atoms. The highest BCUT2D eigenvalue weighted by Gasteiger charge is 2.16. The molecule has 0 aliphatic rings. The highest BCUT2D eigenvalue weighted by Crippen LogP contribution is 2.11. The predicted molar refractivity (Wildman–Crippen MR) is 84.6 cm³/mol. The molecule has 0 bridgehead atoms. The minimum absolute atomic E-state index is 0.111. The fourth-order valence-electron chi connectivity index (χ4n) is 1.86. The van der Waals surface area contributed by atoms with Crippen molar-refractivity contribution in [2.45, 2.75) is 24.7 Å². The SMILES string of the molecule is Cc1ccc([S@@](=O)C[C@H](CF)OCn2cc(F)c(=O)[nH]c2=O)cc1. The van der Waals surface area contributed by atoms with E-state index in [1.54, 1.807) is 29.2 Å². The Morgan fingerprint density at radius 1 is 1.29 bits per heavy atom. The van der Waals surface area contributed by atoms with Crippen molar-refractivity contribution in [2.75, 3.05) is 12.4 Å². The van der Waals surface area contributed by atoms with Crippen LogP contribution in [0.4, 0.5) is 8.78 Å². The van der Waals surface area contributed by atoms with Crippen molar-refractivity contribution in [3.05, 3.63) is 62.7 Å². The third kappa shape index (κ3) is 4.68. The molecule has 9 heteroatoms. The standard InChI is InChI=1S/C15H16F2N2O4S/c1-10-2-4-12(5-3-10)24(22)8-11(6-16)23-9-19-7-13(17)14(20)18-15(19)21/h2-5,7,11H,6,8-9H2,1H3,(H,18,20,21)/t11-,24-/m0/s1. The van der Waals surface area contributed by atoms with Crippen LogP contribution in [-0.4, -0.2) is 32.3 Å². The first kappa shape index (κ1) is 18.2. The molecule has 1 aromatic carbocycles. The van der Waals surface area contributed by atoms with Gasteiger partial charge in [-0.2, -0.15) is 4.39 Å². The van der Waals surface area contributed by atoms with Crippen LogP contribution in [0.15, 0.2) is 44.9 Å². The maximum absolute atomic E-state index is 13.1. The van der Waals surface area contributed by atoms with Crippen LogP contribution in [0.5, 0.6) is 0 Å².